The molecule has 0 spiro atoms. The maximum Gasteiger partial charge on any atom is 0.248 e. The molecule has 1 aromatic rings. The molecule has 18 heavy (non-hydrogen) atoms. The summed E-state index contributed by atoms with van der Waals surface area (Å²) in [6.45, 7) is 4.84. The van der Waals surface area contributed by atoms with E-state index in [1.807, 2.05) is 24.2 Å². The summed E-state index contributed by atoms with van der Waals surface area (Å²) in [5.74, 6) is 1.66. The van der Waals surface area contributed by atoms with Crippen molar-refractivity contribution in [2.45, 2.75) is 26.3 Å². The van der Waals surface area contributed by atoms with Crippen molar-refractivity contribution in [3.63, 3.8) is 0 Å². The van der Waals surface area contributed by atoms with E-state index >= 15 is 0 Å². The Kier molecular flexibility index (Phi) is 4.36. The summed E-state index contributed by atoms with van der Waals surface area (Å²) in [5, 5.41) is 0. The number of rotatable bonds is 4. The average Bonchev–Trinajstić information content (AvgIpc) is 2.76. The fraction of sp³-hybridized carbons (Fsp3) is 0.692. The van der Waals surface area contributed by atoms with Crippen molar-refractivity contribution in [1.29, 1.82) is 0 Å². The minimum absolute atomic E-state index is 0.101. The topological polar surface area (TPSA) is 47.4 Å². The predicted octanol–water partition coefficient (Wildman–Crippen LogP) is 1.08. The molecule has 1 amide bonds. The number of hydrogen-bond acceptors (Lipinski definition) is 3. The number of likely N-dealkylation sites (tertiary alicyclic amines) is 1. The molecule has 1 unspecified atom stereocenters. The summed E-state index contributed by atoms with van der Waals surface area (Å²) in [6, 6.07) is 0. The van der Waals surface area contributed by atoms with Gasteiger partial charge in [0.1, 0.15) is 12.4 Å². The van der Waals surface area contributed by atoms with Crippen LogP contribution in [0.15, 0.2) is 12.4 Å². The highest BCUT2D eigenvalue weighted by Gasteiger charge is 2.23. The number of carbonyl (C=O) groups excluding carboxylic acids is 1. The Hall–Kier alpha value is -1.36. The van der Waals surface area contributed by atoms with Crippen LogP contribution in [0, 0.1) is 12.8 Å². The van der Waals surface area contributed by atoms with Gasteiger partial charge in [-0.2, -0.15) is 0 Å². The van der Waals surface area contributed by atoms with Crippen molar-refractivity contribution in [1.82, 2.24) is 14.5 Å². The van der Waals surface area contributed by atoms with Crippen molar-refractivity contribution in [2.75, 3.05) is 26.8 Å². The second-order valence-corrected chi connectivity index (χ2v) is 4.91. The van der Waals surface area contributed by atoms with Gasteiger partial charge < -0.3 is 14.2 Å². The Morgan fingerprint density at radius 3 is 3.11 bits per heavy atom. The lowest BCUT2D eigenvalue weighted by molar-refractivity contribution is -0.137. The van der Waals surface area contributed by atoms with E-state index in [9.17, 15) is 4.79 Å². The SMILES string of the molecule is COCC(=O)N1CCCC(Cn2ccnc2C)C1. The molecule has 1 atom stereocenters. The summed E-state index contributed by atoms with van der Waals surface area (Å²) < 4.78 is 7.07. The van der Waals surface area contributed by atoms with E-state index in [1.165, 1.54) is 6.42 Å². The molecular weight excluding hydrogens is 230 g/mol. The number of carbonyl (C=O) groups is 1. The van der Waals surface area contributed by atoms with E-state index in [0.29, 0.717) is 5.92 Å². The van der Waals surface area contributed by atoms with Crippen LogP contribution in [0.3, 0.4) is 0 Å². The van der Waals surface area contributed by atoms with E-state index in [2.05, 4.69) is 9.55 Å². The molecule has 2 heterocycles. The third-order valence-corrected chi connectivity index (χ3v) is 3.52. The van der Waals surface area contributed by atoms with Gasteiger partial charge in [-0.15, -0.1) is 0 Å². The third-order valence-electron chi connectivity index (χ3n) is 3.52. The lowest BCUT2D eigenvalue weighted by Crippen LogP contribution is -2.42. The van der Waals surface area contributed by atoms with Gasteiger partial charge >= 0.3 is 0 Å². The van der Waals surface area contributed by atoms with E-state index in [4.69, 9.17) is 4.74 Å². The van der Waals surface area contributed by atoms with Gasteiger partial charge in [0.15, 0.2) is 0 Å². The molecule has 0 aromatic carbocycles. The molecule has 5 nitrogen and oxygen atoms in total. The molecule has 1 aromatic heterocycles. The molecule has 1 aliphatic heterocycles. The maximum atomic E-state index is 11.8. The van der Waals surface area contributed by atoms with Crippen molar-refractivity contribution >= 4 is 5.91 Å². The Morgan fingerprint density at radius 1 is 1.61 bits per heavy atom. The van der Waals surface area contributed by atoms with Gasteiger partial charge in [-0.25, -0.2) is 4.98 Å². The van der Waals surface area contributed by atoms with Crippen molar-refractivity contribution < 1.29 is 9.53 Å². The molecule has 0 saturated carbocycles. The number of imidazole rings is 1. The number of aromatic nitrogens is 2. The monoisotopic (exact) mass is 251 g/mol. The maximum absolute atomic E-state index is 11.8. The zero-order valence-electron chi connectivity index (χ0n) is 11.1. The first-order chi connectivity index (χ1) is 8.70. The highest BCUT2D eigenvalue weighted by molar-refractivity contribution is 5.77. The summed E-state index contributed by atoms with van der Waals surface area (Å²) in [5.41, 5.74) is 0. The summed E-state index contributed by atoms with van der Waals surface area (Å²) in [7, 11) is 1.56. The van der Waals surface area contributed by atoms with Crippen LogP contribution in [0.25, 0.3) is 0 Å². The molecule has 1 aliphatic rings. The lowest BCUT2D eigenvalue weighted by Gasteiger charge is -2.33. The number of amides is 1. The molecule has 1 fully saturated rings. The van der Waals surface area contributed by atoms with Crippen LogP contribution in [0.1, 0.15) is 18.7 Å². The minimum Gasteiger partial charge on any atom is -0.375 e. The normalized spacial score (nSPS) is 20.1. The standard InChI is InChI=1S/C13H21N3O2/c1-11-14-5-7-15(11)8-12-4-3-6-16(9-12)13(17)10-18-2/h5,7,12H,3-4,6,8-10H2,1-2H3. The second-order valence-electron chi connectivity index (χ2n) is 4.91. The number of piperidine rings is 1. The van der Waals surface area contributed by atoms with Gasteiger partial charge in [0, 0.05) is 39.1 Å². The van der Waals surface area contributed by atoms with Crippen LogP contribution in [-0.4, -0.2) is 47.2 Å². The van der Waals surface area contributed by atoms with Gasteiger partial charge in [0.25, 0.3) is 0 Å². The highest BCUT2D eigenvalue weighted by Crippen LogP contribution is 2.19. The Morgan fingerprint density at radius 2 is 2.44 bits per heavy atom. The van der Waals surface area contributed by atoms with Crippen LogP contribution in [0.4, 0.5) is 0 Å². The quantitative estimate of drug-likeness (QED) is 0.804. The summed E-state index contributed by atoms with van der Waals surface area (Å²) >= 11 is 0. The van der Waals surface area contributed by atoms with Gasteiger partial charge in [0.05, 0.1) is 0 Å². The molecule has 1 saturated heterocycles. The number of hydrogen-bond donors (Lipinski definition) is 0. The van der Waals surface area contributed by atoms with E-state index in [0.717, 1.165) is 31.9 Å². The van der Waals surface area contributed by atoms with Crippen LogP contribution in [0.2, 0.25) is 0 Å². The minimum atomic E-state index is 0.101. The van der Waals surface area contributed by atoms with Crippen molar-refractivity contribution in [3.8, 4) is 0 Å². The molecular formula is C13H21N3O2. The molecule has 0 aliphatic carbocycles. The molecule has 5 heteroatoms. The van der Waals surface area contributed by atoms with Crippen molar-refractivity contribution in [3.05, 3.63) is 18.2 Å². The van der Waals surface area contributed by atoms with Gasteiger partial charge in [0.2, 0.25) is 5.91 Å². The molecule has 0 radical (unpaired) electrons. The van der Waals surface area contributed by atoms with Crippen LogP contribution < -0.4 is 0 Å². The lowest BCUT2D eigenvalue weighted by atomic mass is 9.98. The first-order valence-electron chi connectivity index (χ1n) is 6.45. The Bertz CT molecular complexity index is 403. The summed E-state index contributed by atoms with van der Waals surface area (Å²) in [4.78, 5) is 17.9. The number of methoxy groups -OCH3 is 1. The van der Waals surface area contributed by atoms with Gasteiger partial charge in [-0.05, 0) is 25.7 Å². The number of ether oxygens (including phenoxy) is 1. The third kappa shape index (κ3) is 3.10. The number of aryl methyl sites for hydroxylation is 1. The van der Waals surface area contributed by atoms with Crippen LogP contribution in [-0.2, 0) is 16.1 Å². The fourth-order valence-corrected chi connectivity index (χ4v) is 2.53. The van der Waals surface area contributed by atoms with E-state index < -0.39 is 0 Å². The first kappa shape index (κ1) is 13.1. The Balaban J connectivity index is 1.91. The van der Waals surface area contributed by atoms with Gasteiger partial charge in [-0.1, -0.05) is 0 Å². The van der Waals surface area contributed by atoms with Gasteiger partial charge in [-0.3, -0.25) is 4.79 Å². The van der Waals surface area contributed by atoms with E-state index in [1.54, 1.807) is 7.11 Å². The molecule has 0 N–H and O–H groups in total. The van der Waals surface area contributed by atoms with Crippen LogP contribution >= 0.6 is 0 Å². The zero-order chi connectivity index (χ0) is 13.0. The van der Waals surface area contributed by atoms with Crippen LogP contribution in [0.5, 0.6) is 0 Å². The fourth-order valence-electron chi connectivity index (χ4n) is 2.53. The Labute approximate surface area is 108 Å². The summed E-state index contributed by atoms with van der Waals surface area (Å²) in [6.07, 6.45) is 6.08. The second kappa shape index (κ2) is 6.00. The average molecular weight is 251 g/mol. The largest absolute Gasteiger partial charge is 0.375 e. The highest BCUT2D eigenvalue weighted by atomic mass is 16.5. The smallest absolute Gasteiger partial charge is 0.248 e. The molecule has 0 bridgehead atoms. The molecule has 100 valence electrons. The number of nitrogens with zero attached hydrogens (tertiary/aromatic N) is 3. The van der Waals surface area contributed by atoms with Crippen molar-refractivity contribution in [2.24, 2.45) is 5.92 Å². The molecule has 2 rings (SSSR count). The first-order valence-corrected chi connectivity index (χ1v) is 6.45. The zero-order valence-corrected chi connectivity index (χ0v) is 11.1. The predicted molar refractivity (Wildman–Crippen MR) is 68.1 cm³/mol. The van der Waals surface area contributed by atoms with E-state index in [-0.39, 0.29) is 12.5 Å².